The van der Waals surface area contributed by atoms with Gasteiger partial charge in [-0.15, -0.1) is 22.7 Å². The van der Waals surface area contributed by atoms with Crippen molar-refractivity contribution in [2.45, 2.75) is 24.9 Å². The number of thiazole rings is 1. The summed E-state index contributed by atoms with van der Waals surface area (Å²) in [5, 5.41) is 6.97. The van der Waals surface area contributed by atoms with Gasteiger partial charge in [-0.25, -0.2) is 9.97 Å². The second-order valence-electron chi connectivity index (χ2n) is 5.86. The smallest absolute Gasteiger partial charge is 0.131 e. The molecule has 1 saturated heterocycles. The van der Waals surface area contributed by atoms with Gasteiger partial charge in [0.1, 0.15) is 10.2 Å². The van der Waals surface area contributed by atoms with Gasteiger partial charge in [0.25, 0.3) is 0 Å². The first-order chi connectivity index (χ1) is 12.1. The van der Waals surface area contributed by atoms with Gasteiger partial charge in [-0.3, -0.25) is 0 Å². The van der Waals surface area contributed by atoms with Gasteiger partial charge in [0.15, 0.2) is 0 Å². The summed E-state index contributed by atoms with van der Waals surface area (Å²) < 4.78 is 7.77. The lowest BCUT2D eigenvalue weighted by atomic mass is 9.94. The molecule has 0 radical (unpaired) electrons. The number of aromatic nitrogens is 2. The Morgan fingerprint density at radius 3 is 3.12 bits per heavy atom. The van der Waals surface area contributed by atoms with E-state index >= 15 is 0 Å². The molecule has 4 rings (SSSR count). The maximum absolute atomic E-state index is 6.30. The van der Waals surface area contributed by atoms with Crippen molar-refractivity contribution >= 4 is 72.8 Å². The minimum atomic E-state index is 0.0255. The molecule has 0 amide bonds. The van der Waals surface area contributed by atoms with Crippen LogP contribution < -0.4 is 11.1 Å². The standard InChI is InChI=1S/C16H16ClIN4OS2/c17-11-5-10(21-6-12-20-2-4-24-12)16-14(22-11)13(18)15(25-16)8-1-3-23-7-9(8)19/h2,4-5,8-9H,1,3,6-7,19H2,(H,21,22)/t8-,9-/m1/s1. The van der Waals surface area contributed by atoms with Gasteiger partial charge < -0.3 is 15.8 Å². The Labute approximate surface area is 172 Å². The summed E-state index contributed by atoms with van der Waals surface area (Å²) in [5.74, 6) is 0.311. The third-order valence-electron chi connectivity index (χ3n) is 4.23. The number of nitrogens with one attached hydrogen (secondary N) is 1. The van der Waals surface area contributed by atoms with Crippen LogP contribution in [-0.2, 0) is 11.3 Å². The zero-order valence-corrected chi connectivity index (χ0v) is 17.7. The van der Waals surface area contributed by atoms with Crippen molar-refractivity contribution in [3.63, 3.8) is 0 Å². The first kappa shape index (κ1) is 17.9. The largest absolute Gasteiger partial charge is 0.380 e. The Morgan fingerprint density at radius 2 is 2.36 bits per heavy atom. The van der Waals surface area contributed by atoms with Gasteiger partial charge in [-0.05, 0) is 29.0 Å². The number of ether oxygens (including phenoxy) is 1. The van der Waals surface area contributed by atoms with Crippen molar-refractivity contribution in [3.05, 3.63) is 36.3 Å². The Kier molecular flexibility index (Phi) is 5.44. The maximum atomic E-state index is 6.30. The van der Waals surface area contributed by atoms with Gasteiger partial charge in [-0.2, -0.15) is 0 Å². The van der Waals surface area contributed by atoms with E-state index in [0.29, 0.717) is 24.2 Å². The topological polar surface area (TPSA) is 73.1 Å². The van der Waals surface area contributed by atoms with Crippen molar-refractivity contribution in [2.75, 3.05) is 18.5 Å². The number of nitrogens with zero attached hydrogens (tertiary/aromatic N) is 2. The average molecular weight is 507 g/mol. The fourth-order valence-electron chi connectivity index (χ4n) is 2.99. The number of anilines is 1. The lowest BCUT2D eigenvalue weighted by Gasteiger charge is -2.28. The molecule has 3 N–H and O–H groups in total. The van der Waals surface area contributed by atoms with Crippen LogP contribution in [-0.4, -0.2) is 29.2 Å². The molecule has 3 aromatic rings. The summed E-state index contributed by atoms with van der Waals surface area (Å²) in [6, 6.07) is 1.91. The van der Waals surface area contributed by atoms with Crippen molar-refractivity contribution in [2.24, 2.45) is 5.73 Å². The van der Waals surface area contributed by atoms with E-state index in [0.717, 1.165) is 37.5 Å². The predicted molar refractivity (Wildman–Crippen MR) is 113 cm³/mol. The number of pyridine rings is 1. The summed E-state index contributed by atoms with van der Waals surface area (Å²) >= 11 is 12.0. The van der Waals surface area contributed by atoms with Gasteiger partial charge in [0.05, 0.1) is 32.6 Å². The first-order valence-corrected chi connectivity index (χ1v) is 11.0. The van der Waals surface area contributed by atoms with Gasteiger partial charge >= 0.3 is 0 Å². The first-order valence-electron chi connectivity index (χ1n) is 7.87. The minimum Gasteiger partial charge on any atom is -0.380 e. The third-order valence-corrected chi connectivity index (χ3v) is 8.00. The van der Waals surface area contributed by atoms with Crippen molar-refractivity contribution in [3.8, 4) is 0 Å². The van der Waals surface area contributed by atoms with Gasteiger partial charge in [-0.1, -0.05) is 11.6 Å². The van der Waals surface area contributed by atoms with Crippen molar-refractivity contribution < 1.29 is 4.74 Å². The van der Waals surface area contributed by atoms with E-state index in [2.05, 4.69) is 37.9 Å². The molecule has 0 saturated carbocycles. The van der Waals surface area contributed by atoms with E-state index in [1.54, 1.807) is 22.7 Å². The van der Waals surface area contributed by atoms with Gasteiger partial charge in [0, 0.05) is 41.1 Å². The number of fused-ring (bicyclic) bond motifs is 1. The summed E-state index contributed by atoms with van der Waals surface area (Å²) in [4.78, 5) is 10.2. The molecule has 0 spiro atoms. The van der Waals surface area contributed by atoms with Crippen LogP contribution in [0.2, 0.25) is 5.15 Å². The van der Waals surface area contributed by atoms with Crippen LogP contribution in [0.3, 0.4) is 0 Å². The lowest BCUT2D eigenvalue weighted by molar-refractivity contribution is 0.0702. The highest BCUT2D eigenvalue weighted by atomic mass is 127. The molecule has 0 aromatic carbocycles. The van der Waals surface area contributed by atoms with Crippen LogP contribution in [0.25, 0.3) is 10.2 Å². The second kappa shape index (κ2) is 7.61. The molecule has 4 heterocycles. The molecule has 5 nitrogen and oxygen atoms in total. The average Bonchev–Trinajstić information content (AvgIpc) is 3.22. The molecule has 2 atom stereocenters. The van der Waals surface area contributed by atoms with E-state index in [9.17, 15) is 0 Å². The van der Waals surface area contributed by atoms with Crippen molar-refractivity contribution in [1.82, 2.24) is 9.97 Å². The SMILES string of the molecule is N[C@@H]1COCC[C@H]1c1sc2c(NCc3nccs3)cc(Cl)nc2c1I. The molecule has 9 heteroatoms. The zero-order chi connectivity index (χ0) is 17.4. The van der Waals surface area contributed by atoms with Crippen LogP contribution in [0.15, 0.2) is 17.6 Å². The molecule has 3 aromatic heterocycles. The molecular weight excluding hydrogens is 491 g/mol. The van der Waals surface area contributed by atoms with Crippen molar-refractivity contribution in [1.29, 1.82) is 0 Å². The summed E-state index contributed by atoms with van der Waals surface area (Å²) in [6.45, 7) is 2.04. The summed E-state index contributed by atoms with van der Waals surface area (Å²) in [5.41, 5.74) is 8.25. The van der Waals surface area contributed by atoms with Crippen LogP contribution in [0.4, 0.5) is 5.69 Å². The molecule has 0 bridgehead atoms. The fraction of sp³-hybridized carbons (Fsp3) is 0.375. The normalized spacial score (nSPS) is 20.9. The Bertz CT molecular complexity index is 886. The van der Waals surface area contributed by atoms with Crippen LogP contribution in [0.1, 0.15) is 22.2 Å². The van der Waals surface area contributed by atoms with Crippen LogP contribution >= 0.6 is 56.9 Å². The lowest BCUT2D eigenvalue weighted by Crippen LogP contribution is -2.37. The summed E-state index contributed by atoms with van der Waals surface area (Å²) in [7, 11) is 0. The number of rotatable bonds is 4. The van der Waals surface area contributed by atoms with E-state index in [4.69, 9.17) is 22.1 Å². The quantitative estimate of drug-likeness (QED) is 0.404. The molecule has 132 valence electrons. The third kappa shape index (κ3) is 3.65. The summed E-state index contributed by atoms with van der Waals surface area (Å²) in [6.07, 6.45) is 2.76. The van der Waals surface area contributed by atoms with Gasteiger partial charge in [0.2, 0.25) is 0 Å². The number of hydrogen-bond donors (Lipinski definition) is 2. The Hall–Kier alpha value is -0.520. The number of nitrogens with two attached hydrogens (primary N) is 1. The number of thiophene rings is 1. The monoisotopic (exact) mass is 506 g/mol. The zero-order valence-electron chi connectivity index (χ0n) is 13.2. The molecule has 0 aliphatic carbocycles. The second-order valence-corrected chi connectivity index (χ2v) is 9.36. The fourth-order valence-corrected chi connectivity index (χ4v) is 6.38. The van der Waals surface area contributed by atoms with Crippen LogP contribution in [0, 0.1) is 3.57 Å². The van der Waals surface area contributed by atoms with E-state index in [1.165, 1.54) is 4.88 Å². The highest BCUT2D eigenvalue weighted by molar-refractivity contribution is 14.1. The predicted octanol–water partition coefficient (Wildman–Crippen LogP) is 4.45. The Balaban J connectivity index is 1.72. The highest BCUT2D eigenvalue weighted by Gasteiger charge is 2.29. The number of hydrogen-bond acceptors (Lipinski definition) is 7. The van der Waals surface area contributed by atoms with Crippen LogP contribution in [0.5, 0.6) is 0 Å². The van der Waals surface area contributed by atoms with E-state index < -0.39 is 0 Å². The van der Waals surface area contributed by atoms with E-state index in [1.807, 2.05) is 17.6 Å². The number of halogens is 2. The molecule has 1 fully saturated rings. The minimum absolute atomic E-state index is 0.0255. The molecule has 25 heavy (non-hydrogen) atoms. The molecule has 1 aliphatic heterocycles. The highest BCUT2D eigenvalue weighted by Crippen LogP contribution is 2.43. The maximum Gasteiger partial charge on any atom is 0.131 e. The molecule has 1 aliphatic rings. The Morgan fingerprint density at radius 1 is 1.48 bits per heavy atom. The molecular formula is C16H16ClIN4OS2. The molecule has 0 unspecified atom stereocenters. The van der Waals surface area contributed by atoms with E-state index in [-0.39, 0.29) is 6.04 Å².